The molecule has 4 bridgehead atoms. The van der Waals surface area contributed by atoms with Gasteiger partial charge in [-0.05, 0) is 104 Å². The van der Waals surface area contributed by atoms with Crippen molar-refractivity contribution >= 4 is 34.3 Å². The SMILES string of the molecule is NC(=O)c1ccc(C(=O)N(Cc2cn(-c3ccccc3)c3cc(Cl)ccc3c2=O)C2[C@@H]3CC4C[C@@H]2CC(O)(C4)C3)cc1. The molecule has 4 fully saturated rings. The molecule has 3 N–H and O–H groups in total. The van der Waals surface area contributed by atoms with Crippen molar-refractivity contribution in [3.63, 3.8) is 0 Å². The van der Waals surface area contributed by atoms with Gasteiger partial charge in [-0.15, -0.1) is 0 Å². The van der Waals surface area contributed by atoms with E-state index in [0.29, 0.717) is 51.4 Å². The topological polar surface area (TPSA) is 106 Å². The van der Waals surface area contributed by atoms with E-state index in [-0.39, 0.29) is 35.8 Å². The summed E-state index contributed by atoms with van der Waals surface area (Å²) in [6.07, 6.45) is 5.94. The van der Waals surface area contributed by atoms with Gasteiger partial charge < -0.3 is 20.3 Å². The average Bonchev–Trinajstić information content (AvgIpc) is 2.96. The lowest BCUT2D eigenvalue weighted by Gasteiger charge is -2.60. The summed E-state index contributed by atoms with van der Waals surface area (Å²) in [5, 5.41) is 12.3. The lowest BCUT2D eigenvalue weighted by Crippen LogP contribution is -2.62. The Hall–Kier alpha value is -3.94. The number of benzene rings is 3. The van der Waals surface area contributed by atoms with Crippen molar-refractivity contribution in [3.8, 4) is 5.69 Å². The summed E-state index contributed by atoms with van der Waals surface area (Å²) in [4.78, 5) is 41.9. The molecule has 1 aromatic heterocycles. The van der Waals surface area contributed by atoms with E-state index in [1.807, 2.05) is 46.0 Å². The van der Waals surface area contributed by atoms with Gasteiger partial charge in [-0.2, -0.15) is 0 Å². The molecule has 1 heterocycles. The van der Waals surface area contributed by atoms with Gasteiger partial charge in [-0.25, -0.2) is 0 Å². The van der Waals surface area contributed by atoms with Crippen molar-refractivity contribution < 1.29 is 14.7 Å². The molecule has 8 rings (SSSR count). The molecule has 4 aromatic rings. The number of hydrogen-bond acceptors (Lipinski definition) is 4. The summed E-state index contributed by atoms with van der Waals surface area (Å²) in [5.74, 6) is 0.0305. The maximum atomic E-state index is 14.3. The standard InChI is InChI=1S/C34H32ClN3O4/c35-26-10-11-28-29(14-26)37(27-4-2-1-3-5-27)18-25(31(28)39)19-38(33(41)22-8-6-21(7-9-22)32(36)40)30-23-12-20-13-24(30)17-34(42,15-20)16-23/h1-11,14,18,20,23-24,30,42H,12-13,15-17,19H2,(H2,36,40)/t20?,23-,24-,30?,34?/m1/s1. The number of nitrogens with two attached hydrogens (primary N) is 1. The molecular formula is C34H32ClN3O4. The fourth-order valence-corrected chi connectivity index (χ4v) is 8.34. The number of nitrogens with zero attached hydrogens (tertiary/aromatic N) is 2. The first-order valence-corrected chi connectivity index (χ1v) is 14.9. The van der Waals surface area contributed by atoms with Crippen LogP contribution < -0.4 is 11.2 Å². The highest BCUT2D eigenvalue weighted by atomic mass is 35.5. The minimum absolute atomic E-state index is 0.101. The average molecular weight is 582 g/mol. The van der Waals surface area contributed by atoms with Crippen molar-refractivity contribution in [3.05, 3.63) is 111 Å². The second kappa shape index (κ2) is 10.1. The molecule has 0 spiro atoms. The van der Waals surface area contributed by atoms with E-state index in [1.165, 1.54) is 0 Å². The summed E-state index contributed by atoms with van der Waals surface area (Å²) in [6, 6.07) is 21.3. The molecule has 4 aliphatic carbocycles. The monoisotopic (exact) mass is 581 g/mol. The van der Waals surface area contributed by atoms with Gasteiger partial charge in [0.25, 0.3) is 5.91 Å². The number of aromatic nitrogens is 1. The first kappa shape index (κ1) is 26.9. The zero-order valence-corrected chi connectivity index (χ0v) is 23.8. The van der Waals surface area contributed by atoms with Crippen molar-refractivity contribution in [2.45, 2.75) is 50.3 Å². The van der Waals surface area contributed by atoms with Crippen LogP contribution >= 0.6 is 11.6 Å². The lowest BCUT2D eigenvalue weighted by atomic mass is 9.52. The van der Waals surface area contributed by atoms with E-state index in [0.717, 1.165) is 24.9 Å². The van der Waals surface area contributed by atoms with Crippen molar-refractivity contribution in [1.82, 2.24) is 9.47 Å². The number of pyridine rings is 1. The Morgan fingerprint density at radius 3 is 2.26 bits per heavy atom. The lowest BCUT2D eigenvalue weighted by molar-refractivity contribution is -0.155. The number of carbonyl (C=O) groups excluding carboxylic acids is 2. The molecule has 214 valence electrons. The number of halogens is 1. The summed E-state index contributed by atoms with van der Waals surface area (Å²) in [6.45, 7) is 0.126. The Morgan fingerprint density at radius 1 is 0.952 bits per heavy atom. The quantitative estimate of drug-likeness (QED) is 0.321. The van der Waals surface area contributed by atoms with E-state index in [9.17, 15) is 19.5 Å². The van der Waals surface area contributed by atoms with Crippen LogP contribution in [0.3, 0.4) is 0 Å². The number of amides is 2. The zero-order chi connectivity index (χ0) is 29.2. The number of hydrogen-bond donors (Lipinski definition) is 2. The Bertz CT molecular complexity index is 1750. The second-order valence-corrected chi connectivity index (χ2v) is 12.8. The van der Waals surface area contributed by atoms with Crippen LogP contribution in [0.2, 0.25) is 5.02 Å². The summed E-state index contributed by atoms with van der Waals surface area (Å²) in [5.41, 5.74) is 7.48. The van der Waals surface area contributed by atoms with Crippen LogP contribution in [0.25, 0.3) is 16.6 Å². The number of aliphatic hydroxyl groups is 1. The van der Waals surface area contributed by atoms with Crippen LogP contribution in [-0.2, 0) is 6.54 Å². The molecule has 2 amide bonds. The van der Waals surface area contributed by atoms with Crippen molar-refractivity contribution in [1.29, 1.82) is 0 Å². The van der Waals surface area contributed by atoms with Crippen LogP contribution in [0.5, 0.6) is 0 Å². The van der Waals surface area contributed by atoms with Crippen LogP contribution in [0.1, 0.15) is 58.4 Å². The van der Waals surface area contributed by atoms with Crippen molar-refractivity contribution in [2.75, 3.05) is 0 Å². The molecule has 2 atom stereocenters. The molecule has 0 saturated heterocycles. The Balaban J connectivity index is 1.35. The van der Waals surface area contributed by atoms with E-state index < -0.39 is 11.5 Å². The van der Waals surface area contributed by atoms with Crippen LogP contribution in [0.4, 0.5) is 0 Å². The molecule has 0 aliphatic heterocycles. The number of para-hydroxylation sites is 1. The Morgan fingerprint density at radius 2 is 1.62 bits per heavy atom. The van der Waals surface area contributed by atoms with Gasteiger partial charge in [0.15, 0.2) is 5.43 Å². The number of carbonyl (C=O) groups is 2. The van der Waals surface area contributed by atoms with Gasteiger partial charge in [-0.1, -0.05) is 29.8 Å². The van der Waals surface area contributed by atoms with Gasteiger partial charge in [0, 0.05) is 45.0 Å². The highest BCUT2D eigenvalue weighted by Crippen LogP contribution is 2.57. The van der Waals surface area contributed by atoms with Crippen LogP contribution in [-0.4, -0.2) is 38.0 Å². The molecule has 8 heteroatoms. The number of primary amides is 1. The van der Waals surface area contributed by atoms with E-state index >= 15 is 0 Å². The molecule has 3 aromatic carbocycles. The highest BCUT2D eigenvalue weighted by Gasteiger charge is 2.56. The molecule has 4 saturated carbocycles. The fourth-order valence-electron chi connectivity index (χ4n) is 8.17. The van der Waals surface area contributed by atoms with Gasteiger partial charge in [0.1, 0.15) is 0 Å². The van der Waals surface area contributed by atoms with Crippen molar-refractivity contribution in [2.24, 2.45) is 23.5 Å². The maximum absolute atomic E-state index is 14.3. The van der Waals surface area contributed by atoms with Gasteiger partial charge in [0.2, 0.25) is 5.91 Å². The van der Waals surface area contributed by atoms with Gasteiger partial charge in [-0.3, -0.25) is 14.4 Å². The molecule has 0 radical (unpaired) electrons. The van der Waals surface area contributed by atoms with E-state index in [4.69, 9.17) is 17.3 Å². The largest absolute Gasteiger partial charge is 0.390 e. The van der Waals surface area contributed by atoms with E-state index in [1.54, 1.807) is 42.5 Å². The van der Waals surface area contributed by atoms with Crippen LogP contribution in [0.15, 0.2) is 83.8 Å². The fraction of sp³-hybridized carbons (Fsp3) is 0.324. The Labute approximate surface area is 248 Å². The third kappa shape index (κ3) is 4.61. The zero-order valence-electron chi connectivity index (χ0n) is 23.1. The van der Waals surface area contributed by atoms with Gasteiger partial charge in [0.05, 0.1) is 17.7 Å². The molecule has 0 unspecified atom stereocenters. The summed E-state index contributed by atoms with van der Waals surface area (Å²) in [7, 11) is 0. The number of fused-ring (bicyclic) bond motifs is 1. The van der Waals surface area contributed by atoms with Crippen LogP contribution in [0, 0.1) is 17.8 Å². The highest BCUT2D eigenvalue weighted by molar-refractivity contribution is 6.31. The normalized spacial score (nSPS) is 26.0. The minimum Gasteiger partial charge on any atom is -0.390 e. The Kier molecular flexibility index (Phi) is 6.48. The third-order valence-electron chi connectivity index (χ3n) is 9.64. The maximum Gasteiger partial charge on any atom is 0.254 e. The first-order chi connectivity index (χ1) is 20.2. The molecule has 7 nitrogen and oxygen atoms in total. The number of rotatable bonds is 6. The van der Waals surface area contributed by atoms with Gasteiger partial charge >= 0.3 is 0 Å². The first-order valence-electron chi connectivity index (χ1n) is 14.5. The minimum atomic E-state index is -0.660. The molecule has 42 heavy (non-hydrogen) atoms. The summed E-state index contributed by atoms with van der Waals surface area (Å²) < 4.78 is 1.96. The predicted octanol–water partition coefficient (Wildman–Crippen LogP) is 5.33. The third-order valence-corrected chi connectivity index (χ3v) is 9.88. The predicted molar refractivity (Wildman–Crippen MR) is 162 cm³/mol. The summed E-state index contributed by atoms with van der Waals surface area (Å²) >= 11 is 6.36. The molecule has 4 aliphatic rings. The molecular weight excluding hydrogens is 550 g/mol. The smallest absolute Gasteiger partial charge is 0.254 e. The second-order valence-electron chi connectivity index (χ2n) is 12.4. The van der Waals surface area contributed by atoms with E-state index in [2.05, 4.69) is 0 Å².